The third kappa shape index (κ3) is 4.95. The lowest BCUT2D eigenvalue weighted by molar-refractivity contribution is 0.0904. The molecule has 1 saturated heterocycles. The van der Waals surface area contributed by atoms with Crippen LogP contribution in [0.4, 0.5) is 21.7 Å². The van der Waals surface area contributed by atoms with Gasteiger partial charge in [0.1, 0.15) is 11.6 Å². The lowest BCUT2D eigenvalue weighted by Gasteiger charge is -2.24. The van der Waals surface area contributed by atoms with Crippen molar-refractivity contribution in [2.24, 2.45) is 0 Å². The molecule has 0 unspecified atom stereocenters. The molecule has 0 radical (unpaired) electrons. The smallest absolute Gasteiger partial charge is 0.230 e. The molecule has 0 saturated carbocycles. The number of anilines is 3. The summed E-state index contributed by atoms with van der Waals surface area (Å²) in [5.41, 5.74) is 1.95. The maximum absolute atomic E-state index is 13.0. The standard InChI is InChI=1S/C21H21FN4O2/c22-15-1-7-19(8-2-15)28-20-9-12-23-21(26-20)25-17-5-3-16(4-6-17)24-18-10-13-27-14-11-18/h1-9,12,18,24H,10-11,13-14H2,(H,23,25,26). The summed E-state index contributed by atoms with van der Waals surface area (Å²) < 4.78 is 24.0. The van der Waals surface area contributed by atoms with E-state index < -0.39 is 0 Å². The summed E-state index contributed by atoms with van der Waals surface area (Å²) in [7, 11) is 0. The molecular formula is C21H21FN4O2. The average molecular weight is 380 g/mol. The number of benzene rings is 2. The van der Waals surface area contributed by atoms with Gasteiger partial charge in [-0.1, -0.05) is 0 Å². The van der Waals surface area contributed by atoms with Crippen LogP contribution in [0, 0.1) is 5.82 Å². The summed E-state index contributed by atoms with van der Waals surface area (Å²) in [6, 6.07) is 15.9. The van der Waals surface area contributed by atoms with Gasteiger partial charge in [0, 0.05) is 42.9 Å². The molecule has 1 aromatic heterocycles. The van der Waals surface area contributed by atoms with Gasteiger partial charge in [0.25, 0.3) is 0 Å². The van der Waals surface area contributed by atoms with Crippen molar-refractivity contribution in [3.05, 3.63) is 66.6 Å². The Kier molecular flexibility index (Phi) is 5.63. The minimum Gasteiger partial charge on any atom is -0.439 e. The van der Waals surface area contributed by atoms with E-state index in [0.717, 1.165) is 37.4 Å². The molecule has 0 bridgehead atoms. The molecular weight excluding hydrogens is 359 g/mol. The molecule has 1 fully saturated rings. The molecule has 0 aliphatic carbocycles. The fourth-order valence-electron chi connectivity index (χ4n) is 2.94. The van der Waals surface area contributed by atoms with Crippen LogP contribution in [-0.4, -0.2) is 29.2 Å². The quantitative estimate of drug-likeness (QED) is 0.644. The first kappa shape index (κ1) is 18.2. The third-order valence-electron chi connectivity index (χ3n) is 4.40. The molecule has 3 aromatic rings. The Morgan fingerprint density at radius 3 is 2.39 bits per heavy atom. The lowest BCUT2D eigenvalue weighted by Crippen LogP contribution is -2.27. The molecule has 0 atom stereocenters. The number of halogens is 1. The minimum atomic E-state index is -0.313. The maximum Gasteiger partial charge on any atom is 0.230 e. The lowest BCUT2D eigenvalue weighted by atomic mass is 10.1. The molecule has 2 heterocycles. The fourth-order valence-corrected chi connectivity index (χ4v) is 2.94. The van der Waals surface area contributed by atoms with Crippen LogP contribution in [0.15, 0.2) is 60.8 Å². The van der Waals surface area contributed by atoms with E-state index >= 15 is 0 Å². The molecule has 2 aromatic carbocycles. The number of nitrogens with one attached hydrogen (secondary N) is 2. The van der Waals surface area contributed by atoms with E-state index in [1.807, 2.05) is 24.3 Å². The topological polar surface area (TPSA) is 68.3 Å². The zero-order chi connectivity index (χ0) is 19.2. The van der Waals surface area contributed by atoms with E-state index in [4.69, 9.17) is 9.47 Å². The second kappa shape index (κ2) is 8.67. The summed E-state index contributed by atoms with van der Waals surface area (Å²) in [6.07, 6.45) is 3.65. The van der Waals surface area contributed by atoms with E-state index in [0.29, 0.717) is 23.6 Å². The van der Waals surface area contributed by atoms with Crippen molar-refractivity contribution >= 4 is 17.3 Å². The van der Waals surface area contributed by atoms with Crippen molar-refractivity contribution in [3.8, 4) is 11.6 Å². The molecule has 6 nitrogen and oxygen atoms in total. The van der Waals surface area contributed by atoms with E-state index in [1.54, 1.807) is 24.4 Å². The van der Waals surface area contributed by atoms with Crippen LogP contribution in [0.3, 0.4) is 0 Å². The normalized spacial score (nSPS) is 14.5. The van der Waals surface area contributed by atoms with Gasteiger partial charge in [-0.15, -0.1) is 0 Å². The molecule has 28 heavy (non-hydrogen) atoms. The molecule has 7 heteroatoms. The highest BCUT2D eigenvalue weighted by molar-refractivity contribution is 5.58. The van der Waals surface area contributed by atoms with Crippen LogP contribution in [0.5, 0.6) is 11.6 Å². The van der Waals surface area contributed by atoms with Crippen LogP contribution in [0.2, 0.25) is 0 Å². The average Bonchev–Trinajstić information content (AvgIpc) is 2.72. The second-order valence-electron chi connectivity index (χ2n) is 6.51. The predicted octanol–water partition coefficient (Wildman–Crippen LogP) is 4.74. The number of hydrogen-bond donors (Lipinski definition) is 2. The Balaban J connectivity index is 1.37. The van der Waals surface area contributed by atoms with Crippen molar-refractivity contribution in [2.75, 3.05) is 23.8 Å². The van der Waals surface area contributed by atoms with Gasteiger partial charge in [0.2, 0.25) is 11.8 Å². The summed E-state index contributed by atoms with van der Waals surface area (Å²) in [5, 5.41) is 6.69. The van der Waals surface area contributed by atoms with Crippen LogP contribution >= 0.6 is 0 Å². The van der Waals surface area contributed by atoms with E-state index in [2.05, 4.69) is 20.6 Å². The van der Waals surface area contributed by atoms with Crippen LogP contribution in [-0.2, 0) is 4.74 Å². The number of rotatable bonds is 6. The number of nitrogens with zero attached hydrogens (tertiary/aromatic N) is 2. The molecule has 0 spiro atoms. The molecule has 2 N–H and O–H groups in total. The molecule has 144 valence electrons. The zero-order valence-corrected chi connectivity index (χ0v) is 15.3. The molecule has 1 aliphatic rings. The van der Waals surface area contributed by atoms with Gasteiger partial charge in [-0.25, -0.2) is 9.37 Å². The van der Waals surface area contributed by atoms with E-state index in [-0.39, 0.29) is 5.82 Å². The Morgan fingerprint density at radius 2 is 1.64 bits per heavy atom. The minimum absolute atomic E-state index is 0.313. The third-order valence-corrected chi connectivity index (χ3v) is 4.40. The first-order valence-corrected chi connectivity index (χ1v) is 9.22. The highest BCUT2D eigenvalue weighted by Gasteiger charge is 2.13. The summed E-state index contributed by atoms with van der Waals surface area (Å²) >= 11 is 0. The Bertz CT molecular complexity index is 897. The molecule has 1 aliphatic heterocycles. The summed E-state index contributed by atoms with van der Waals surface area (Å²) in [5.74, 6) is 0.994. The van der Waals surface area contributed by atoms with Gasteiger partial charge in [-0.3, -0.25) is 0 Å². The fraction of sp³-hybridized carbons (Fsp3) is 0.238. The van der Waals surface area contributed by atoms with Crippen LogP contribution in [0.1, 0.15) is 12.8 Å². The number of ether oxygens (including phenoxy) is 2. The first-order valence-electron chi connectivity index (χ1n) is 9.22. The van der Waals surface area contributed by atoms with Crippen LogP contribution < -0.4 is 15.4 Å². The Hall–Kier alpha value is -3.19. The van der Waals surface area contributed by atoms with Gasteiger partial charge in [-0.2, -0.15) is 4.98 Å². The monoisotopic (exact) mass is 380 g/mol. The highest BCUT2D eigenvalue weighted by Crippen LogP contribution is 2.22. The SMILES string of the molecule is Fc1ccc(Oc2ccnc(Nc3ccc(NC4CCOCC4)cc3)n2)cc1. The largest absolute Gasteiger partial charge is 0.439 e. The van der Waals surface area contributed by atoms with Gasteiger partial charge < -0.3 is 20.1 Å². The van der Waals surface area contributed by atoms with Crippen molar-refractivity contribution in [2.45, 2.75) is 18.9 Å². The van der Waals surface area contributed by atoms with E-state index in [1.165, 1.54) is 12.1 Å². The Labute approximate surface area is 162 Å². The maximum atomic E-state index is 13.0. The van der Waals surface area contributed by atoms with Gasteiger partial charge >= 0.3 is 0 Å². The van der Waals surface area contributed by atoms with Crippen molar-refractivity contribution in [3.63, 3.8) is 0 Å². The van der Waals surface area contributed by atoms with Gasteiger partial charge in [-0.05, 0) is 61.4 Å². The number of hydrogen-bond acceptors (Lipinski definition) is 6. The zero-order valence-electron chi connectivity index (χ0n) is 15.3. The Morgan fingerprint density at radius 1 is 0.929 bits per heavy atom. The molecule has 4 rings (SSSR count). The summed E-state index contributed by atoms with van der Waals surface area (Å²) in [4.78, 5) is 8.55. The van der Waals surface area contributed by atoms with Crippen LogP contribution in [0.25, 0.3) is 0 Å². The highest BCUT2D eigenvalue weighted by atomic mass is 19.1. The van der Waals surface area contributed by atoms with Crippen molar-refractivity contribution in [1.82, 2.24) is 9.97 Å². The molecule has 0 amide bonds. The summed E-state index contributed by atoms with van der Waals surface area (Å²) in [6.45, 7) is 1.62. The second-order valence-corrected chi connectivity index (χ2v) is 6.51. The van der Waals surface area contributed by atoms with E-state index in [9.17, 15) is 4.39 Å². The number of aromatic nitrogens is 2. The van der Waals surface area contributed by atoms with Crippen molar-refractivity contribution < 1.29 is 13.9 Å². The predicted molar refractivity (Wildman–Crippen MR) is 106 cm³/mol. The van der Waals surface area contributed by atoms with Gasteiger partial charge in [0.05, 0.1) is 0 Å². The van der Waals surface area contributed by atoms with Crippen molar-refractivity contribution in [1.29, 1.82) is 0 Å². The van der Waals surface area contributed by atoms with Gasteiger partial charge in [0.15, 0.2) is 0 Å². The first-order chi connectivity index (χ1) is 13.7.